The maximum Gasteiger partial charge on any atom is 0.249 e. The summed E-state index contributed by atoms with van der Waals surface area (Å²) < 4.78 is 0. The van der Waals surface area contributed by atoms with Crippen LogP contribution in [0.4, 0.5) is 0 Å². The minimum Gasteiger partial charge on any atom is -0.340 e. The van der Waals surface area contributed by atoms with Crippen LogP contribution in [0.1, 0.15) is 38.8 Å². The van der Waals surface area contributed by atoms with Crippen molar-refractivity contribution < 1.29 is 9.59 Å². The van der Waals surface area contributed by atoms with E-state index in [1.54, 1.807) is 18.7 Å². The number of hydrogen-bond donors (Lipinski definition) is 1. The molecule has 0 radical (unpaired) electrons. The van der Waals surface area contributed by atoms with E-state index in [-0.39, 0.29) is 18.4 Å². The van der Waals surface area contributed by atoms with Gasteiger partial charge in [-0.05, 0) is 25.8 Å². The Morgan fingerprint density at radius 1 is 1.29 bits per heavy atom. The van der Waals surface area contributed by atoms with Gasteiger partial charge in [0.2, 0.25) is 11.8 Å². The van der Waals surface area contributed by atoms with E-state index < -0.39 is 11.6 Å². The van der Waals surface area contributed by atoms with Crippen LogP contribution in [0, 0.1) is 11.8 Å². The highest BCUT2D eigenvalue weighted by atomic mass is 16.2. The summed E-state index contributed by atoms with van der Waals surface area (Å²) in [6.45, 7) is 5.65. The normalized spacial score (nSPS) is 25.1. The third-order valence-electron chi connectivity index (χ3n) is 3.94. The quantitative estimate of drug-likeness (QED) is 0.862. The van der Waals surface area contributed by atoms with E-state index in [0.29, 0.717) is 6.42 Å². The van der Waals surface area contributed by atoms with Gasteiger partial charge in [-0.3, -0.25) is 9.59 Å². The molecule has 1 saturated heterocycles. The third-order valence-corrected chi connectivity index (χ3v) is 3.94. The van der Waals surface area contributed by atoms with Crippen molar-refractivity contribution in [1.29, 1.82) is 0 Å². The SMILES string of the molecule is CC#CCN1C(=O)C(C)(CC)NC(=O)C1c1ccccc1. The predicted molar refractivity (Wildman–Crippen MR) is 81.2 cm³/mol. The number of rotatable bonds is 3. The first-order valence-electron chi connectivity index (χ1n) is 7.11. The first-order valence-corrected chi connectivity index (χ1v) is 7.11. The lowest BCUT2D eigenvalue weighted by Crippen LogP contribution is -2.65. The van der Waals surface area contributed by atoms with Crippen molar-refractivity contribution in [2.45, 2.75) is 38.8 Å². The van der Waals surface area contributed by atoms with E-state index in [9.17, 15) is 9.59 Å². The molecule has 1 aromatic carbocycles. The van der Waals surface area contributed by atoms with E-state index >= 15 is 0 Å². The lowest BCUT2D eigenvalue weighted by atomic mass is 9.89. The molecular formula is C17H20N2O2. The van der Waals surface area contributed by atoms with Crippen molar-refractivity contribution in [3.8, 4) is 11.8 Å². The fourth-order valence-electron chi connectivity index (χ4n) is 2.50. The molecule has 1 fully saturated rings. The summed E-state index contributed by atoms with van der Waals surface area (Å²) in [6.07, 6.45) is 0.551. The molecule has 1 aliphatic heterocycles. The van der Waals surface area contributed by atoms with Crippen LogP contribution in [0.15, 0.2) is 30.3 Å². The second-order valence-corrected chi connectivity index (χ2v) is 5.35. The zero-order valence-electron chi connectivity index (χ0n) is 12.6. The van der Waals surface area contributed by atoms with E-state index in [4.69, 9.17) is 0 Å². The summed E-state index contributed by atoms with van der Waals surface area (Å²) in [5.41, 5.74) is -0.0444. The second-order valence-electron chi connectivity index (χ2n) is 5.35. The molecule has 0 spiro atoms. The smallest absolute Gasteiger partial charge is 0.249 e. The number of nitrogens with zero attached hydrogens (tertiary/aromatic N) is 1. The molecule has 0 aromatic heterocycles. The Labute approximate surface area is 125 Å². The number of piperazine rings is 1. The molecule has 110 valence electrons. The molecule has 1 N–H and O–H groups in total. The monoisotopic (exact) mass is 284 g/mol. The predicted octanol–water partition coefficient (Wildman–Crippen LogP) is 1.88. The van der Waals surface area contributed by atoms with Gasteiger partial charge in [-0.25, -0.2) is 0 Å². The Morgan fingerprint density at radius 2 is 1.95 bits per heavy atom. The zero-order chi connectivity index (χ0) is 15.5. The van der Waals surface area contributed by atoms with Crippen LogP contribution >= 0.6 is 0 Å². The molecule has 1 aliphatic rings. The van der Waals surface area contributed by atoms with E-state index in [1.165, 1.54) is 0 Å². The van der Waals surface area contributed by atoms with Crippen LogP contribution in [0.25, 0.3) is 0 Å². The first kappa shape index (κ1) is 15.1. The number of benzene rings is 1. The molecule has 21 heavy (non-hydrogen) atoms. The third kappa shape index (κ3) is 2.78. The van der Waals surface area contributed by atoms with Gasteiger partial charge in [0.05, 0.1) is 6.54 Å². The van der Waals surface area contributed by atoms with Crippen LogP contribution in [-0.4, -0.2) is 28.8 Å². The Hall–Kier alpha value is -2.28. The molecule has 0 saturated carbocycles. The summed E-state index contributed by atoms with van der Waals surface area (Å²) in [7, 11) is 0. The van der Waals surface area contributed by atoms with Crippen molar-refractivity contribution >= 4 is 11.8 Å². The standard InChI is InChI=1S/C17H20N2O2/c1-4-6-12-19-14(13-10-8-7-9-11-13)15(20)18-17(3,5-2)16(19)21/h7-11,14H,5,12H2,1-3H3,(H,18,20). The topological polar surface area (TPSA) is 49.4 Å². The molecule has 1 heterocycles. The van der Waals surface area contributed by atoms with Crippen LogP contribution in [0.5, 0.6) is 0 Å². The number of hydrogen-bond acceptors (Lipinski definition) is 2. The number of carbonyl (C=O) groups is 2. The van der Waals surface area contributed by atoms with Crippen molar-refractivity contribution in [3.63, 3.8) is 0 Å². The highest BCUT2D eigenvalue weighted by Crippen LogP contribution is 2.30. The van der Waals surface area contributed by atoms with Gasteiger partial charge in [0.25, 0.3) is 0 Å². The number of amides is 2. The molecule has 0 bridgehead atoms. The number of nitrogens with one attached hydrogen (secondary N) is 1. The van der Waals surface area contributed by atoms with Gasteiger partial charge in [-0.15, -0.1) is 5.92 Å². The lowest BCUT2D eigenvalue weighted by molar-refractivity contribution is -0.154. The Bertz CT molecular complexity index is 600. The summed E-state index contributed by atoms with van der Waals surface area (Å²) in [6, 6.07) is 8.73. The minimum absolute atomic E-state index is 0.0822. The zero-order valence-corrected chi connectivity index (χ0v) is 12.6. The van der Waals surface area contributed by atoms with Gasteiger partial charge in [-0.2, -0.15) is 0 Å². The van der Waals surface area contributed by atoms with Gasteiger partial charge >= 0.3 is 0 Å². The van der Waals surface area contributed by atoms with E-state index in [0.717, 1.165) is 5.56 Å². The minimum atomic E-state index is -0.849. The molecular weight excluding hydrogens is 264 g/mol. The largest absolute Gasteiger partial charge is 0.340 e. The van der Waals surface area contributed by atoms with E-state index in [2.05, 4.69) is 17.2 Å². The Balaban J connectivity index is 2.44. The summed E-state index contributed by atoms with van der Waals surface area (Å²) in [5, 5.41) is 2.87. The fraction of sp³-hybridized carbons (Fsp3) is 0.412. The van der Waals surface area contributed by atoms with Crippen LogP contribution in [0.3, 0.4) is 0 Å². The average molecular weight is 284 g/mol. The summed E-state index contributed by atoms with van der Waals surface area (Å²) in [5.74, 6) is 5.47. The fourth-order valence-corrected chi connectivity index (χ4v) is 2.50. The first-order chi connectivity index (χ1) is 10.0. The van der Waals surface area contributed by atoms with E-state index in [1.807, 2.05) is 37.3 Å². The van der Waals surface area contributed by atoms with Gasteiger partial charge in [0.15, 0.2) is 0 Å². The maximum absolute atomic E-state index is 12.8. The lowest BCUT2D eigenvalue weighted by Gasteiger charge is -2.43. The van der Waals surface area contributed by atoms with Crippen molar-refractivity contribution in [1.82, 2.24) is 10.2 Å². The van der Waals surface area contributed by atoms with Crippen LogP contribution < -0.4 is 5.32 Å². The van der Waals surface area contributed by atoms with Gasteiger partial charge in [0, 0.05) is 0 Å². The van der Waals surface area contributed by atoms with Gasteiger partial charge < -0.3 is 10.2 Å². The van der Waals surface area contributed by atoms with Crippen molar-refractivity contribution in [2.24, 2.45) is 0 Å². The highest BCUT2D eigenvalue weighted by Gasteiger charge is 2.47. The molecule has 4 heteroatoms. The molecule has 2 rings (SSSR count). The molecule has 0 aliphatic carbocycles. The average Bonchev–Trinajstić information content (AvgIpc) is 2.50. The number of carbonyl (C=O) groups excluding carboxylic acids is 2. The Morgan fingerprint density at radius 3 is 2.52 bits per heavy atom. The van der Waals surface area contributed by atoms with Gasteiger partial charge in [0.1, 0.15) is 11.6 Å². The van der Waals surface area contributed by atoms with Crippen molar-refractivity contribution in [3.05, 3.63) is 35.9 Å². The van der Waals surface area contributed by atoms with Crippen LogP contribution in [0.2, 0.25) is 0 Å². The summed E-state index contributed by atoms with van der Waals surface area (Å²) in [4.78, 5) is 26.9. The van der Waals surface area contributed by atoms with Crippen LogP contribution in [-0.2, 0) is 9.59 Å². The maximum atomic E-state index is 12.8. The van der Waals surface area contributed by atoms with Crippen molar-refractivity contribution in [2.75, 3.05) is 6.54 Å². The Kier molecular flexibility index (Phi) is 4.32. The highest BCUT2D eigenvalue weighted by molar-refractivity contribution is 6.00. The van der Waals surface area contributed by atoms with Gasteiger partial charge in [-0.1, -0.05) is 43.2 Å². The summed E-state index contributed by atoms with van der Waals surface area (Å²) >= 11 is 0. The second kappa shape index (κ2) is 6.01. The molecule has 2 unspecified atom stereocenters. The molecule has 2 atom stereocenters. The molecule has 2 amide bonds. The molecule has 4 nitrogen and oxygen atoms in total. The molecule has 1 aromatic rings.